The highest BCUT2D eigenvalue weighted by atomic mass is 32.2. The number of anilines is 4. The number of thioether (sulfide) groups is 1. The Balaban J connectivity index is 2.25. The van der Waals surface area contributed by atoms with Gasteiger partial charge in [-0.25, -0.2) is 0 Å². The molecule has 0 aliphatic carbocycles. The first-order valence-corrected chi connectivity index (χ1v) is 12.2. The molecule has 4 nitrogen and oxygen atoms in total. The van der Waals surface area contributed by atoms with Gasteiger partial charge in [0.25, 0.3) is 0 Å². The fourth-order valence-electron chi connectivity index (χ4n) is 3.96. The molecule has 3 rings (SSSR count). The maximum Gasteiger partial charge on any atom is 0.101 e. The fourth-order valence-corrected chi connectivity index (χ4v) is 4.88. The molecular weight excluding hydrogens is 424 g/mol. The Hall–Kier alpha value is -3.41. The van der Waals surface area contributed by atoms with Gasteiger partial charge >= 0.3 is 0 Å². The van der Waals surface area contributed by atoms with E-state index in [9.17, 15) is 5.26 Å². The van der Waals surface area contributed by atoms with E-state index in [0.717, 1.165) is 27.6 Å². The van der Waals surface area contributed by atoms with Crippen molar-refractivity contribution in [1.82, 2.24) is 0 Å². The average molecular weight is 455 g/mol. The standard InChI is InChI=1S/C28H30N4S/c1-21(2)31(24-12-7-5-8-13-24)26-19-27(28(18-23(26)20-30)33-17-11-16-29)32(22(3)4)25-14-9-6-10-15-25/h5-10,12-15,18-19,21-22H,11,17H2,1-4H3. The molecule has 0 saturated heterocycles. The minimum absolute atomic E-state index is 0.161. The molecule has 0 radical (unpaired) electrons. The van der Waals surface area contributed by atoms with Crippen molar-refractivity contribution in [2.45, 2.75) is 51.1 Å². The van der Waals surface area contributed by atoms with Gasteiger partial charge in [0.05, 0.1) is 23.0 Å². The van der Waals surface area contributed by atoms with Crippen LogP contribution in [-0.4, -0.2) is 17.8 Å². The first kappa shape index (κ1) is 24.2. The molecule has 0 heterocycles. The van der Waals surface area contributed by atoms with Crippen LogP contribution in [0.15, 0.2) is 77.7 Å². The maximum atomic E-state index is 10.1. The molecule has 0 aliphatic rings. The summed E-state index contributed by atoms with van der Waals surface area (Å²) < 4.78 is 0. The van der Waals surface area contributed by atoms with E-state index in [0.29, 0.717) is 17.7 Å². The van der Waals surface area contributed by atoms with Gasteiger partial charge in [-0.1, -0.05) is 36.4 Å². The van der Waals surface area contributed by atoms with E-state index >= 15 is 0 Å². The van der Waals surface area contributed by atoms with Gasteiger partial charge in [0.2, 0.25) is 0 Å². The van der Waals surface area contributed by atoms with Crippen molar-refractivity contribution in [1.29, 1.82) is 10.5 Å². The maximum absolute atomic E-state index is 10.1. The lowest BCUT2D eigenvalue weighted by atomic mass is 10.1. The van der Waals surface area contributed by atoms with Crippen LogP contribution in [0.3, 0.4) is 0 Å². The predicted molar refractivity (Wildman–Crippen MR) is 140 cm³/mol. The van der Waals surface area contributed by atoms with E-state index in [1.165, 1.54) is 0 Å². The van der Waals surface area contributed by atoms with E-state index in [2.05, 4.69) is 80.0 Å². The van der Waals surface area contributed by atoms with E-state index in [4.69, 9.17) is 5.26 Å². The van der Waals surface area contributed by atoms with E-state index < -0.39 is 0 Å². The minimum Gasteiger partial charge on any atom is -0.338 e. The van der Waals surface area contributed by atoms with Crippen LogP contribution in [0.4, 0.5) is 22.7 Å². The minimum atomic E-state index is 0.161. The third kappa shape index (κ3) is 5.69. The topological polar surface area (TPSA) is 54.1 Å². The first-order chi connectivity index (χ1) is 16.0. The second kappa shape index (κ2) is 11.5. The Morgan fingerprint density at radius 3 is 1.73 bits per heavy atom. The molecule has 0 aliphatic heterocycles. The summed E-state index contributed by atoms with van der Waals surface area (Å²) in [5.74, 6) is 0.682. The molecular formula is C28H30N4S. The van der Waals surface area contributed by atoms with Crippen LogP contribution in [0.1, 0.15) is 39.7 Å². The zero-order valence-corrected chi connectivity index (χ0v) is 20.5. The Labute approximate surface area is 202 Å². The Morgan fingerprint density at radius 1 is 0.758 bits per heavy atom. The number of hydrogen-bond acceptors (Lipinski definition) is 5. The van der Waals surface area contributed by atoms with Crippen LogP contribution in [0, 0.1) is 22.7 Å². The van der Waals surface area contributed by atoms with Crippen LogP contribution in [0.5, 0.6) is 0 Å². The quantitative estimate of drug-likeness (QED) is 0.245. The van der Waals surface area contributed by atoms with E-state index in [1.807, 2.05) is 42.5 Å². The molecule has 5 heteroatoms. The van der Waals surface area contributed by atoms with Gasteiger partial charge < -0.3 is 9.80 Å². The van der Waals surface area contributed by atoms with Crippen LogP contribution in [0.2, 0.25) is 0 Å². The molecule has 33 heavy (non-hydrogen) atoms. The normalized spacial score (nSPS) is 10.7. The smallest absolute Gasteiger partial charge is 0.101 e. The zero-order valence-electron chi connectivity index (χ0n) is 19.7. The van der Waals surface area contributed by atoms with Crippen molar-refractivity contribution in [2.24, 2.45) is 0 Å². The van der Waals surface area contributed by atoms with Crippen LogP contribution in [0.25, 0.3) is 0 Å². The molecule has 168 valence electrons. The van der Waals surface area contributed by atoms with Crippen molar-refractivity contribution in [2.75, 3.05) is 15.6 Å². The number of rotatable bonds is 9. The summed E-state index contributed by atoms with van der Waals surface area (Å²) in [4.78, 5) is 5.54. The Bertz CT molecular complexity index is 1130. The van der Waals surface area contributed by atoms with Gasteiger partial charge in [-0.15, -0.1) is 11.8 Å². The van der Waals surface area contributed by atoms with Crippen molar-refractivity contribution < 1.29 is 0 Å². The molecule has 0 bridgehead atoms. The summed E-state index contributed by atoms with van der Waals surface area (Å²) in [5, 5.41) is 19.2. The van der Waals surface area contributed by atoms with Gasteiger partial charge in [-0.3, -0.25) is 0 Å². The Kier molecular flexibility index (Phi) is 8.41. The van der Waals surface area contributed by atoms with Crippen molar-refractivity contribution in [3.8, 4) is 12.1 Å². The number of para-hydroxylation sites is 2. The molecule has 0 aromatic heterocycles. The molecule has 3 aromatic rings. The Morgan fingerprint density at radius 2 is 1.27 bits per heavy atom. The summed E-state index contributed by atoms with van der Waals surface area (Å²) >= 11 is 1.63. The molecule has 0 N–H and O–H groups in total. The van der Waals surface area contributed by atoms with Gasteiger partial charge in [0, 0.05) is 40.5 Å². The van der Waals surface area contributed by atoms with Gasteiger partial charge in [0.1, 0.15) is 6.07 Å². The van der Waals surface area contributed by atoms with Crippen LogP contribution >= 0.6 is 11.8 Å². The lowest BCUT2D eigenvalue weighted by molar-refractivity contribution is 0.774. The number of benzene rings is 3. The lowest BCUT2D eigenvalue weighted by Gasteiger charge is -2.35. The molecule has 0 saturated carbocycles. The molecule has 0 amide bonds. The summed E-state index contributed by atoms with van der Waals surface area (Å²) in [7, 11) is 0. The third-order valence-electron chi connectivity index (χ3n) is 5.29. The highest BCUT2D eigenvalue weighted by molar-refractivity contribution is 7.99. The van der Waals surface area contributed by atoms with Crippen molar-refractivity contribution >= 4 is 34.5 Å². The number of nitrogens with zero attached hydrogens (tertiary/aromatic N) is 4. The second-order valence-corrected chi connectivity index (χ2v) is 9.44. The van der Waals surface area contributed by atoms with E-state index in [1.54, 1.807) is 11.8 Å². The molecule has 0 fully saturated rings. The van der Waals surface area contributed by atoms with Gasteiger partial charge in [-0.2, -0.15) is 10.5 Å². The third-order valence-corrected chi connectivity index (χ3v) is 6.34. The summed E-state index contributed by atoms with van der Waals surface area (Å²) in [5.41, 5.74) is 4.72. The summed E-state index contributed by atoms with van der Waals surface area (Å²) in [6.07, 6.45) is 0.461. The van der Waals surface area contributed by atoms with Crippen LogP contribution < -0.4 is 9.80 Å². The SMILES string of the molecule is CC(C)N(c1ccccc1)c1cc(N(c2ccccc2)C(C)C)c(SCCC#N)cc1C#N. The lowest BCUT2D eigenvalue weighted by Crippen LogP contribution is -2.29. The fraction of sp³-hybridized carbons (Fsp3) is 0.286. The molecule has 3 aromatic carbocycles. The predicted octanol–water partition coefficient (Wildman–Crippen LogP) is 7.66. The van der Waals surface area contributed by atoms with Crippen LogP contribution in [-0.2, 0) is 0 Å². The summed E-state index contributed by atoms with van der Waals surface area (Å²) in [6, 6.07) is 29.7. The zero-order chi connectivity index (χ0) is 23.8. The van der Waals surface area contributed by atoms with Gasteiger partial charge in [0.15, 0.2) is 0 Å². The molecule has 0 atom stereocenters. The van der Waals surface area contributed by atoms with E-state index in [-0.39, 0.29) is 12.1 Å². The van der Waals surface area contributed by atoms with Crippen molar-refractivity contribution in [3.63, 3.8) is 0 Å². The first-order valence-electron chi connectivity index (χ1n) is 11.2. The molecule has 0 unspecified atom stereocenters. The number of hydrogen-bond donors (Lipinski definition) is 0. The molecule has 0 spiro atoms. The highest BCUT2D eigenvalue weighted by Crippen LogP contribution is 2.42. The highest BCUT2D eigenvalue weighted by Gasteiger charge is 2.24. The largest absolute Gasteiger partial charge is 0.338 e. The number of nitriles is 2. The monoisotopic (exact) mass is 454 g/mol. The van der Waals surface area contributed by atoms with Crippen molar-refractivity contribution in [3.05, 3.63) is 78.4 Å². The average Bonchev–Trinajstić information content (AvgIpc) is 2.81. The summed E-state index contributed by atoms with van der Waals surface area (Å²) in [6.45, 7) is 8.62. The second-order valence-electron chi connectivity index (χ2n) is 8.30. The van der Waals surface area contributed by atoms with Gasteiger partial charge in [-0.05, 0) is 64.1 Å².